The number of piperidine rings is 1. The maximum Gasteiger partial charge on any atom is 0.410 e. The second-order valence-corrected chi connectivity index (χ2v) is 9.19. The van der Waals surface area contributed by atoms with E-state index in [4.69, 9.17) is 9.47 Å². The monoisotopic (exact) mass is 410 g/mol. The Morgan fingerprint density at radius 2 is 1.93 bits per heavy atom. The van der Waals surface area contributed by atoms with Gasteiger partial charge >= 0.3 is 12.1 Å². The number of carbonyl (C=O) groups excluding carboxylic acids is 3. The Morgan fingerprint density at radius 3 is 2.54 bits per heavy atom. The summed E-state index contributed by atoms with van der Waals surface area (Å²) in [4.78, 5) is 40.0. The Morgan fingerprint density at radius 1 is 1.25 bits per heavy atom. The Balaban J connectivity index is 2.10. The van der Waals surface area contributed by atoms with Crippen LogP contribution in [0.15, 0.2) is 0 Å². The van der Waals surface area contributed by atoms with E-state index in [2.05, 4.69) is 5.32 Å². The van der Waals surface area contributed by atoms with Crippen LogP contribution in [0, 0.1) is 19.8 Å². The summed E-state index contributed by atoms with van der Waals surface area (Å²) in [5, 5.41) is 3.40. The van der Waals surface area contributed by atoms with Gasteiger partial charge in [-0.05, 0) is 59.9 Å². The third-order valence-electron chi connectivity index (χ3n) is 4.55. The lowest BCUT2D eigenvalue weighted by Gasteiger charge is -2.33. The molecule has 1 unspecified atom stereocenters. The van der Waals surface area contributed by atoms with Crippen LogP contribution < -0.4 is 5.32 Å². The summed E-state index contributed by atoms with van der Waals surface area (Å²) in [6.45, 7) is 12.1. The minimum Gasteiger partial charge on any atom is -0.462 e. The third kappa shape index (κ3) is 5.47. The highest BCUT2D eigenvalue weighted by Crippen LogP contribution is 2.34. The maximum absolute atomic E-state index is 12.8. The molecule has 8 heteroatoms. The van der Waals surface area contributed by atoms with Crippen LogP contribution in [0.5, 0.6) is 0 Å². The summed E-state index contributed by atoms with van der Waals surface area (Å²) >= 11 is 1.36. The molecule has 2 rings (SSSR count). The van der Waals surface area contributed by atoms with Crippen molar-refractivity contribution >= 4 is 34.3 Å². The van der Waals surface area contributed by atoms with Gasteiger partial charge in [-0.3, -0.25) is 4.79 Å². The largest absolute Gasteiger partial charge is 0.462 e. The molecule has 2 heterocycles. The van der Waals surface area contributed by atoms with Crippen LogP contribution in [0.25, 0.3) is 0 Å². The van der Waals surface area contributed by atoms with Crippen LogP contribution in [0.2, 0.25) is 0 Å². The fraction of sp³-hybridized carbons (Fsp3) is 0.650. The zero-order valence-electron chi connectivity index (χ0n) is 17.5. The number of likely N-dealkylation sites (tertiary alicyclic amines) is 1. The molecule has 0 radical (unpaired) electrons. The molecule has 0 saturated carbocycles. The molecule has 1 fully saturated rings. The Bertz CT molecular complexity index is 751. The van der Waals surface area contributed by atoms with E-state index in [1.54, 1.807) is 11.8 Å². The first-order valence-corrected chi connectivity index (χ1v) is 10.4. The molecule has 0 spiro atoms. The summed E-state index contributed by atoms with van der Waals surface area (Å²) in [6.07, 6.45) is 1.01. The molecular formula is C20H30N2O5S. The number of hydrogen-bond acceptors (Lipinski definition) is 6. The van der Waals surface area contributed by atoms with E-state index in [0.717, 1.165) is 16.9 Å². The predicted molar refractivity (Wildman–Crippen MR) is 109 cm³/mol. The Hall–Kier alpha value is -2.09. The van der Waals surface area contributed by atoms with Crippen molar-refractivity contribution in [1.82, 2.24) is 4.90 Å². The molecule has 1 atom stereocenters. The summed E-state index contributed by atoms with van der Waals surface area (Å²) in [7, 11) is 0. The van der Waals surface area contributed by atoms with Crippen molar-refractivity contribution in [3.63, 3.8) is 0 Å². The number of esters is 1. The van der Waals surface area contributed by atoms with E-state index in [0.29, 0.717) is 30.1 Å². The van der Waals surface area contributed by atoms with Crippen LogP contribution in [-0.2, 0) is 14.3 Å². The second-order valence-electron chi connectivity index (χ2n) is 7.96. The molecule has 7 nitrogen and oxygen atoms in total. The van der Waals surface area contributed by atoms with Crippen LogP contribution in [0.1, 0.15) is 61.3 Å². The highest BCUT2D eigenvalue weighted by atomic mass is 32.1. The molecule has 0 aliphatic carbocycles. The number of carbonyl (C=O) groups is 3. The van der Waals surface area contributed by atoms with E-state index in [9.17, 15) is 14.4 Å². The van der Waals surface area contributed by atoms with Crippen LogP contribution in [0.4, 0.5) is 9.80 Å². The fourth-order valence-electron chi connectivity index (χ4n) is 3.06. The van der Waals surface area contributed by atoms with E-state index < -0.39 is 17.7 Å². The minimum atomic E-state index is -0.577. The third-order valence-corrected chi connectivity index (χ3v) is 5.67. The fourth-order valence-corrected chi connectivity index (χ4v) is 4.11. The van der Waals surface area contributed by atoms with Crippen molar-refractivity contribution in [3.8, 4) is 0 Å². The summed E-state index contributed by atoms with van der Waals surface area (Å²) in [5.74, 6) is -0.974. The number of rotatable bonds is 4. The highest BCUT2D eigenvalue weighted by Gasteiger charge is 2.32. The Labute approximate surface area is 170 Å². The highest BCUT2D eigenvalue weighted by molar-refractivity contribution is 7.16. The van der Waals surface area contributed by atoms with E-state index in [-0.39, 0.29) is 18.4 Å². The normalized spacial score (nSPS) is 17.2. The van der Waals surface area contributed by atoms with E-state index in [1.165, 1.54) is 11.3 Å². The average Bonchev–Trinajstić information content (AvgIpc) is 2.87. The zero-order valence-corrected chi connectivity index (χ0v) is 18.3. The maximum atomic E-state index is 12.8. The van der Waals surface area contributed by atoms with Crippen LogP contribution >= 0.6 is 11.3 Å². The van der Waals surface area contributed by atoms with Crippen molar-refractivity contribution in [2.24, 2.45) is 5.92 Å². The molecule has 156 valence electrons. The summed E-state index contributed by atoms with van der Waals surface area (Å²) in [5.41, 5.74) is 0.655. The van der Waals surface area contributed by atoms with Gasteiger partial charge in [0.05, 0.1) is 18.1 Å². The lowest BCUT2D eigenvalue weighted by atomic mass is 9.97. The molecule has 1 aromatic heterocycles. The van der Waals surface area contributed by atoms with Gasteiger partial charge in [-0.1, -0.05) is 0 Å². The molecule has 1 aliphatic rings. The number of anilines is 1. The second kappa shape index (κ2) is 8.94. The smallest absolute Gasteiger partial charge is 0.410 e. The van der Waals surface area contributed by atoms with Gasteiger partial charge in [0, 0.05) is 18.0 Å². The molecule has 1 saturated heterocycles. The van der Waals surface area contributed by atoms with Crippen LogP contribution in [-0.4, -0.2) is 48.2 Å². The van der Waals surface area contributed by atoms with Crippen LogP contribution in [0.3, 0.4) is 0 Å². The van der Waals surface area contributed by atoms with E-state index >= 15 is 0 Å². The first-order valence-electron chi connectivity index (χ1n) is 9.59. The van der Waals surface area contributed by atoms with Gasteiger partial charge in [0.15, 0.2) is 0 Å². The molecule has 2 amide bonds. The minimum absolute atomic E-state index is 0.194. The number of amides is 2. The predicted octanol–water partition coefficient (Wildman–Crippen LogP) is 4.13. The van der Waals surface area contributed by atoms with Crippen molar-refractivity contribution in [2.45, 2.75) is 60.0 Å². The summed E-state index contributed by atoms with van der Waals surface area (Å²) in [6, 6.07) is 0. The molecule has 1 aliphatic heterocycles. The Kier molecular flexibility index (Phi) is 7.09. The van der Waals surface area contributed by atoms with Gasteiger partial charge in [-0.25, -0.2) is 9.59 Å². The SMILES string of the molecule is CCOC(=O)c1c(NC(=O)C2CCCN(C(=O)OC(C)(C)C)C2)sc(C)c1C. The van der Waals surface area contributed by atoms with Crippen molar-refractivity contribution in [1.29, 1.82) is 0 Å². The zero-order chi connectivity index (χ0) is 21.1. The van der Waals surface area contributed by atoms with Crippen molar-refractivity contribution in [3.05, 3.63) is 16.0 Å². The first-order chi connectivity index (χ1) is 13.0. The lowest BCUT2D eigenvalue weighted by Crippen LogP contribution is -2.45. The lowest BCUT2D eigenvalue weighted by molar-refractivity contribution is -0.121. The first kappa shape index (κ1) is 22.2. The number of nitrogens with one attached hydrogen (secondary N) is 1. The van der Waals surface area contributed by atoms with Gasteiger partial charge in [0.2, 0.25) is 5.91 Å². The molecule has 0 aromatic carbocycles. The standard InChI is InChI=1S/C20H30N2O5S/c1-7-26-18(24)15-12(2)13(3)28-17(15)21-16(23)14-9-8-10-22(11-14)19(25)27-20(4,5)6/h14H,7-11H2,1-6H3,(H,21,23). The number of thiophene rings is 1. The number of ether oxygens (including phenoxy) is 2. The van der Waals surface area contributed by atoms with Crippen molar-refractivity contribution < 1.29 is 23.9 Å². The van der Waals surface area contributed by atoms with Gasteiger partial charge < -0.3 is 19.7 Å². The van der Waals surface area contributed by atoms with E-state index in [1.807, 2.05) is 34.6 Å². The van der Waals surface area contributed by atoms with Crippen molar-refractivity contribution in [2.75, 3.05) is 25.0 Å². The molecular weight excluding hydrogens is 380 g/mol. The molecule has 1 aromatic rings. The molecule has 0 bridgehead atoms. The quantitative estimate of drug-likeness (QED) is 0.755. The van der Waals surface area contributed by atoms with Gasteiger partial charge in [-0.2, -0.15) is 0 Å². The number of aryl methyl sites for hydroxylation is 1. The van der Waals surface area contributed by atoms with Gasteiger partial charge in [0.25, 0.3) is 0 Å². The number of hydrogen-bond donors (Lipinski definition) is 1. The summed E-state index contributed by atoms with van der Waals surface area (Å²) < 4.78 is 10.5. The van der Waals surface area contributed by atoms with Gasteiger partial charge in [0.1, 0.15) is 10.6 Å². The average molecular weight is 411 g/mol. The topological polar surface area (TPSA) is 84.9 Å². The molecule has 28 heavy (non-hydrogen) atoms. The molecule has 1 N–H and O–H groups in total. The number of nitrogens with zero attached hydrogens (tertiary/aromatic N) is 1. The van der Waals surface area contributed by atoms with Gasteiger partial charge in [-0.15, -0.1) is 11.3 Å².